The number of amides is 2. The molecular weight excluding hydrogens is 412 g/mol. The Balaban J connectivity index is 1.46. The van der Waals surface area contributed by atoms with Crippen LogP contribution in [0.3, 0.4) is 0 Å². The maximum absolute atomic E-state index is 12.2. The van der Waals surface area contributed by atoms with Gasteiger partial charge in [-0.05, 0) is 47.8 Å². The van der Waals surface area contributed by atoms with Gasteiger partial charge in [0.25, 0.3) is 11.8 Å². The van der Waals surface area contributed by atoms with Crippen LogP contribution in [0.2, 0.25) is 5.02 Å². The summed E-state index contributed by atoms with van der Waals surface area (Å²) in [5.41, 5.74) is 0.909. The fourth-order valence-corrected chi connectivity index (χ4v) is 3.27. The predicted molar refractivity (Wildman–Crippen MR) is 113 cm³/mol. The summed E-state index contributed by atoms with van der Waals surface area (Å²) >= 11 is 7.35. The van der Waals surface area contributed by atoms with E-state index in [1.54, 1.807) is 60.7 Å². The van der Waals surface area contributed by atoms with Gasteiger partial charge in [0.15, 0.2) is 0 Å². The molecule has 3 aromatic rings. The Morgan fingerprint density at radius 3 is 2.38 bits per heavy atom. The summed E-state index contributed by atoms with van der Waals surface area (Å²) < 4.78 is 5.23. The number of hydrogen-bond donors (Lipinski definition) is 2. The van der Waals surface area contributed by atoms with E-state index in [0.29, 0.717) is 26.9 Å². The Morgan fingerprint density at radius 1 is 0.931 bits per heavy atom. The van der Waals surface area contributed by atoms with E-state index < -0.39 is 5.97 Å². The van der Waals surface area contributed by atoms with Gasteiger partial charge in [0.05, 0.1) is 21.9 Å². The van der Waals surface area contributed by atoms with E-state index >= 15 is 0 Å². The predicted octanol–water partition coefficient (Wildman–Crippen LogP) is 4.38. The summed E-state index contributed by atoms with van der Waals surface area (Å²) in [6.45, 7) is 0.182. The van der Waals surface area contributed by atoms with Gasteiger partial charge in [-0.3, -0.25) is 14.4 Å². The molecule has 0 radical (unpaired) electrons. The lowest BCUT2D eigenvalue weighted by molar-refractivity contribution is -0.134. The first-order valence-corrected chi connectivity index (χ1v) is 9.97. The summed E-state index contributed by atoms with van der Waals surface area (Å²) in [4.78, 5) is 36.5. The number of esters is 1. The van der Waals surface area contributed by atoms with Crippen LogP contribution in [0.1, 0.15) is 26.5 Å². The van der Waals surface area contributed by atoms with Crippen molar-refractivity contribution in [3.63, 3.8) is 0 Å². The summed E-state index contributed by atoms with van der Waals surface area (Å²) in [7, 11) is 0. The number of ether oxygens (including phenoxy) is 1. The van der Waals surface area contributed by atoms with Crippen LogP contribution in [0, 0.1) is 0 Å². The van der Waals surface area contributed by atoms with Crippen LogP contribution in [0.5, 0.6) is 5.75 Å². The molecule has 8 heteroatoms. The van der Waals surface area contributed by atoms with E-state index in [0.717, 1.165) is 0 Å². The molecule has 0 fully saturated rings. The van der Waals surface area contributed by atoms with Crippen LogP contribution < -0.4 is 15.4 Å². The first-order valence-electron chi connectivity index (χ1n) is 8.71. The molecule has 0 aliphatic rings. The number of thiophene rings is 1. The third-order valence-electron chi connectivity index (χ3n) is 3.82. The van der Waals surface area contributed by atoms with Crippen molar-refractivity contribution in [2.75, 3.05) is 11.9 Å². The van der Waals surface area contributed by atoms with E-state index in [2.05, 4.69) is 10.6 Å². The van der Waals surface area contributed by atoms with E-state index in [-0.39, 0.29) is 24.8 Å². The van der Waals surface area contributed by atoms with Crippen molar-refractivity contribution >= 4 is 46.4 Å². The zero-order chi connectivity index (χ0) is 20.6. The second-order valence-electron chi connectivity index (χ2n) is 5.92. The molecule has 0 atom stereocenters. The van der Waals surface area contributed by atoms with Crippen molar-refractivity contribution in [2.24, 2.45) is 0 Å². The minimum atomic E-state index is -0.468. The van der Waals surface area contributed by atoms with Gasteiger partial charge in [-0.25, -0.2) is 0 Å². The van der Waals surface area contributed by atoms with E-state index in [4.69, 9.17) is 16.3 Å². The van der Waals surface area contributed by atoms with Gasteiger partial charge in [-0.15, -0.1) is 11.3 Å². The highest BCUT2D eigenvalue weighted by molar-refractivity contribution is 7.12. The van der Waals surface area contributed by atoms with Crippen molar-refractivity contribution in [3.8, 4) is 5.75 Å². The number of carbonyl (C=O) groups excluding carboxylic acids is 3. The van der Waals surface area contributed by atoms with E-state index in [9.17, 15) is 14.4 Å². The van der Waals surface area contributed by atoms with Crippen LogP contribution in [-0.2, 0) is 4.79 Å². The molecule has 0 spiro atoms. The maximum atomic E-state index is 12.2. The first-order chi connectivity index (χ1) is 14.0. The fraction of sp³-hybridized carbons (Fsp3) is 0.0952. The number of rotatable bonds is 7. The highest BCUT2D eigenvalue weighted by atomic mass is 35.5. The minimum absolute atomic E-state index is 0.0438. The van der Waals surface area contributed by atoms with Crippen LogP contribution in [0.25, 0.3) is 0 Å². The largest absolute Gasteiger partial charge is 0.426 e. The molecule has 1 aromatic heterocycles. The average Bonchev–Trinajstić information content (AvgIpc) is 3.25. The van der Waals surface area contributed by atoms with E-state index in [1.165, 1.54) is 11.3 Å². The third-order valence-corrected chi connectivity index (χ3v) is 5.02. The summed E-state index contributed by atoms with van der Waals surface area (Å²) in [5.74, 6) is -0.673. The highest BCUT2D eigenvalue weighted by Crippen LogP contribution is 2.19. The van der Waals surface area contributed by atoms with Gasteiger partial charge >= 0.3 is 5.97 Å². The normalized spacial score (nSPS) is 10.2. The number of hydrogen-bond acceptors (Lipinski definition) is 5. The average molecular weight is 429 g/mol. The molecule has 2 N–H and O–H groups in total. The van der Waals surface area contributed by atoms with Gasteiger partial charge in [-0.2, -0.15) is 0 Å². The SMILES string of the molecule is O=C(CCNC(=O)c1cccs1)Oc1ccc(NC(=O)c2ccccc2Cl)cc1. The van der Waals surface area contributed by atoms with Crippen molar-refractivity contribution in [1.82, 2.24) is 5.32 Å². The number of carbonyl (C=O) groups is 3. The van der Waals surface area contributed by atoms with Crippen molar-refractivity contribution in [2.45, 2.75) is 6.42 Å². The van der Waals surface area contributed by atoms with Crippen molar-refractivity contribution in [1.29, 1.82) is 0 Å². The van der Waals surface area contributed by atoms with Gasteiger partial charge < -0.3 is 15.4 Å². The fourth-order valence-electron chi connectivity index (χ4n) is 2.41. The van der Waals surface area contributed by atoms with Gasteiger partial charge in [-0.1, -0.05) is 29.8 Å². The molecule has 2 aromatic carbocycles. The monoisotopic (exact) mass is 428 g/mol. The quantitative estimate of drug-likeness (QED) is 0.432. The molecule has 29 heavy (non-hydrogen) atoms. The Morgan fingerprint density at radius 2 is 1.69 bits per heavy atom. The number of anilines is 1. The molecule has 0 saturated heterocycles. The molecule has 1 heterocycles. The summed E-state index contributed by atoms with van der Waals surface area (Å²) in [6, 6.07) is 16.6. The van der Waals surface area contributed by atoms with Crippen LogP contribution in [0.4, 0.5) is 5.69 Å². The number of halogens is 1. The Hall–Kier alpha value is -3.16. The Labute approximate surface area is 176 Å². The zero-order valence-corrected chi connectivity index (χ0v) is 16.8. The molecule has 0 aliphatic heterocycles. The third kappa shape index (κ3) is 5.91. The molecule has 0 bridgehead atoms. The van der Waals surface area contributed by atoms with E-state index in [1.807, 2.05) is 5.38 Å². The van der Waals surface area contributed by atoms with Crippen molar-refractivity contribution in [3.05, 3.63) is 81.5 Å². The maximum Gasteiger partial charge on any atom is 0.312 e. The Bertz CT molecular complexity index is 1000. The molecule has 6 nitrogen and oxygen atoms in total. The second kappa shape index (κ2) is 9.86. The lowest BCUT2D eigenvalue weighted by Gasteiger charge is -2.08. The molecule has 0 saturated carbocycles. The molecular formula is C21H17ClN2O4S. The summed E-state index contributed by atoms with van der Waals surface area (Å²) in [5, 5.41) is 7.57. The zero-order valence-electron chi connectivity index (χ0n) is 15.2. The van der Waals surface area contributed by atoms with Gasteiger partial charge in [0.2, 0.25) is 0 Å². The molecule has 3 rings (SSSR count). The first kappa shape index (κ1) is 20.6. The Kier molecular flexibility index (Phi) is 6.99. The molecule has 148 valence electrons. The van der Waals surface area contributed by atoms with Crippen LogP contribution >= 0.6 is 22.9 Å². The standard InChI is InChI=1S/C21H17ClN2O4S/c22-17-5-2-1-4-16(17)20(26)24-14-7-9-15(10-8-14)28-19(25)11-12-23-21(27)18-6-3-13-29-18/h1-10,13H,11-12H2,(H,23,27)(H,24,26). The number of benzene rings is 2. The second-order valence-corrected chi connectivity index (χ2v) is 7.27. The number of nitrogens with one attached hydrogen (secondary N) is 2. The van der Waals surface area contributed by atoms with Crippen LogP contribution in [0.15, 0.2) is 66.0 Å². The topological polar surface area (TPSA) is 84.5 Å². The molecule has 0 unspecified atom stereocenters. The van der Waals surface area contributed by atoms with Crippen LogP contribution in [-0.4, -0.2) is 24.3 Å². The van der Waals surface area contributed by atoms with Crippen molar-refractivity contribution < 1.29 is 19.1 Å². The highest BCUT2D eigenvalue weighted by Gasteiger charge is 2.11. The summed E-state index contributed by atoms with van der Waals surface area (Å²) in [6.07, 6.45) is 0.0438. The van der Waals surface area contributed by atoms with Gasteiger partial charge in [0.1, 0.15) is 5.75 Å². The lowest BCUT2D eigenvalue weighted by Crippen LogP contribution is -2.26. The smallest absolute Gasteiger partial charge is 0.312 e. The lowest BCUT2D eigenvalue weighted by atomic mass is 10.2. The van der Waals surface area contributed by atoms with Gasteiger partial charge in [0, 0.05) is 12.2 Å². The minimum Gasteiger partial charge on any atom is -0.426 e. The molecule has 0 aliphatic carbocycles. The molecule has 2 amide bonds.